The molecule has 0 aliphatic carbocycles. The molecule has 0 fully saturated rings. The highest BCUT2D eigenvalue weighted by Crippen LogP contribution is 2.11. The third-order valence-corrected chi connectivity index (χ3v) is 3.62. The first-order valence-electron chi connectivity index (χ1n) is 8.72. The van der Waals surface area contributed by atoms with Crippen molar-refractivity contribution in [3.8, 4) is 5.75 Å². The van der Waals surface area contributed by atoms with Gasteiger partial charge in [0.15, 0.2) is 0 Å². The minimum atomic E-state index is 0.0831. The molecule has 0 saturated carbocycles. The molecule has 23 heavy (non-hydrogen) atoms. The molecule has 0 amide bonds. The van der Waals surface area contributed by atoms with E-state index < -0.39 is 0 Å². The molecule has 0 heterocycles. The number of nitrogen functional groups attached to an aromatic ring is 1. The Bertz CT molecular complexity index is 420. The molecule has 0 aromatic heterocycles. The maximum Gasteiger partial charge on any atom is 0.122 e. The van der Waals surface area contributed by atoms with Gasteiger partial charge < -0.3 is 21.1 Å². The van der Waals surface area contributed by atoms with Gasteiger partial charge in [-0.1, -0.05) is 26.2 Å². The van der Waals surface area contributed by atoms with Gasteiger partial charge >= 0.3 is 0 Å². The van der Waals surface area contributed by atoms with Crippen molar-refractivity contribution in [3.63, 3.8) is 0 Å². The number of nitrogens with two attached hydrogens (primary N) is 1. The summed E-state index contributed by atoms with van der Waals surface area (Å²) in [4.78, 5) is 0. The quantitative estimate of drug-likeness (QED) is 0.241. The van der Waals surface area contributed by atoms with E-state index in [1.165, 1.54) is 25.7 Å². The zero-order chi connectivity index (χ0) is 16.8. The van der Waals surface area contributed by atoms with E-state index in [9.17, 15) is 0 Å². The second kappa shape index (κ2) is 12.9. The van der Waals surface area contributed by atoms with Crippen molar-refractivity contribution in [2.75, 3.05) is 32.8 Å². The van der Waals surface area contributed by atoms with E-state index in [1.54, 1.807) is 0 Å². The Labute approximate surface area is 140 Å². The highest BCUT2D eigenvalue weighted by atomic mass is 16.5. The normalized spacial score (nSPS) is 10.7. The van der Waals surface area contributed by atoms with Gasteiger partial charge in [-0.25, -0.2) is 0 Å². The standard InChI is InChI=1S/C18H32N4O/c1-2-3-4-5-11-21-13-14-22-12-6-15-23-17-9-7-16(8-10-17)18(19)20/h7-10,21-22H,2-6,11-15H2,1H3,(H3,19,20). The first kappa shape index (κ1) is 19.5. The number of hydrogen-bond donors (Lipinski definition) is 4. The summed E-state index contributed by atoms with van der Waals surface area (Å²) in [5.74, 6) is 0.906. The Balaban J connectivity index is 1.90. The Morgan fingerprint density at radius 2 is 1.61 bits per heavy atom. The van der Waals surface area contributed by atoms with Crippen LogP contribution in [0, 0.1) is 5.41 Å². The Hall–Kier alpha value is -1.59. The van der Waals surface area contributed by atoms with Crippen LogP contribution in [0.15, 0.2) is 24.3 Å². The van der Waals surface area contributed by atoms with Gasteiger partial charge in [-0.05, 0) is 50.2 Å². The molecule has 0 bridgehead atoms. The van der Waals surface area contributed by atoms with Gasteiger partial charge in [-0.15, -0.1) is 0 Å². The number of amidine groups is 1. The van der Waals surface area contributed by atoms with Crippen molar-refractivity contribution in [1.29, 1.82) is 5.41 Å². The maximum atomic E-state index is 7.33. The van der Waals surface area contributed by atoms with E-state index in [2.05, 4.69) is 17.6 Å². The smallest absolute Gasteiger partial charge is 0.122 e. The highest BCUT2D eigenvalue weighted by Gasteiger charge is 1.97. The molecule has 0 atom stereocenters. The zero-order valence-corrected chi connectivity index (χ0v) is 14.4. The molecule has 1 aromatic rings. The molecule has 1 aromatic carbocycles. The third kappa shape index (κ3) is 9.92. The summed E-state index contributed by atoms with van der Waals surface area (Å²) in [7, 11) is 0. The fourth-order valence-electron chi connectivity index (χ4n) is 2.22. The lowest BCUT2D eigenvalue weighted by molar-refractivity contribution is 0.308. The Morgan fingerprint density at radius 1 is 0.957 bits per heavy atom. The molecule has 0 unspecified atom stereocenters. The molecule has 0 aliphatic rings. The van der Waals surface area contributed by atoms with Gasteiger partial charge in [-0.2, -0.15) is 0 Å². The lowest BCUT2D eigenvalue weighted by Crippen LogP contribution is -2.29. The van der Waals surface area contributed by atoms with Crippen molar-refractivity contribution in [2.24, 2.45) is 5.73 Å². The van der Waals surface area contributed by atoms with Crippen LogP contribution in [0.25, 0.3) is 0 Å². The van der Waals surface area contributed by atoms with Crippen LogP contribution in [0.4, 0.5) is 0 Å². The van der Waals surface area contributed by atoms with Crippen molar-refractivity contribution >= 4 is 5.84 Å². The van der Waals surface area contributed by atoms with Crippen LogP contribution in [0.2, 0.25) is 0 Å². The van der Waals surface area contributed by atoms with Gasteiger partial charge in [0, 0.05) is 18.7 Å². The second-order valence-electron chi connectivity index (χ2n) is 5.70. The van der Waals surface area contributed by atoms with E-state index >= 15 is 0 Å². The van der Waals surface area contributed by atoms with Gasteiger partial charge in [0.1, 0.15) is 11.6 Å². The van der Waals surface area contributed by atoms with Crippen LogP contribution in [0.5, 0.6) is 5.75 Å². The largest absolute Gasteiger partial charge is 0.494 e. The number of unbranched alkanes of at least 4 members (excludes halogenated alkanes) is 3. The van der Waals surface area contributed by atoms with Crippen LogP contribution in [-0.2, 0) is 0 Å². The van der Waals surface area contributed by atoms with Crippen molar-refractivity contribution in [1.82, 2.24) is 10.6 Å². The zero-order valence-electron chi connectivity index (χ0n) is 14.4. The van der Waals surface area contributed by atoms with Crippen LogP contribution in [0.1, 0.15) is 44.6 Å². The number of rotatable bonds is 14. The Kier molecular flexibility index (Phi) is 10.9. The number of benzene rings is 1. The maximum absolute atomic E-state index is 7.33. The molecule has 0 radical (unpaired) electrons. The summed E-state index contributed by atoms with van der Waals surface area (Å²) in [5, 5.41) is 14.2. The van der Waals surface area contributed by atoms with E-state index in [1.807, 2.05) is 24.3 Å². The molecule has 5 nitrogen and oxygen atoms in total. The molecular formula is C18H32N4O. The summed E-state index contributed by atoms with van der Waals surface area (Å²) in [5.41, 5.74) is 6.14. The lowest BCUT2D eigenvalue weighted by atomic mass is 10.2. The topological polar surface area (TPSA) is 83.2 Å². The average Bonchev–Trinajstić information content (AvgIpc) is 2.56. The van der Waals surface area contributed by atoms with Gasteiger partial charge in [0.25, 0.3) is 0 Å². The predicted octanol–water partition coefficient (Wildman–Crippen LogP) is 2.50. The van der Waals surface area contributed by atoms with Gasteiger partial charge in [0.2, 0.25) is 0 Å². The van der Waals surface area contributed by atoms with Crippen LogP contribution in [-0.4, -0.2) is 38.6 Å². The van der Waals surface area contributed by atoms with Crippen molar-refractivity contribution in [2.45, 2.75) is 39.0 Å². The highest BCUT2D eigenvalue weighted by molar-refractivity contribution is 5.94. The fraction of sp³-hybridized carbons (Fsp3) is 0.611. The minimum Gasteiger partial charge on any atom is -0.494 e. The van der Waals surface area contributed by atoms with Crippen LogP contribution >= 0.6 is 0 Å². The van der Waals surface area contributed by atoms with E-state index in [4.69, 9.17) is 15.9 Å². The SMILES string of the molecule is CCCCCCNCCNCCCOc1ccc(C(=N)N)cc1. The summed E-state index contributed by atoms with van der Waals surface area (Å²) >= 11 is 0. The number of hydrogen-bond acceptors (Lipinski definition) is 4. The molecule has 0 aliphatic heterocycles. The summed E-state index contributed by atoms with van der Waals surface area (Å²) in [6.07, 6.45) is 6.23. The molecule has 0 saturated heterocycles. The van der Waals surface area contributed by atoms with E-state index in [-0.39, 0.29) is 5.84 Å². The lowest BCUT2D eigenvalue weighted by Gasteiger charge is -2.08. The Morgan fingerprint density at radius 3 is 2.22 bits per heavy atom. The molecule has 5 heteroatoms. The van der Waals surface area contributed by atoms with E-state index in [0.29, 0.717) is 6.61 Å². The fourth-order valence-corrected chi connectivity index (χ4v) is 2.22. The summed E-state index contributed by atoms with van der Waals surface area (Å²) in [6.45, 7) is 7.05. The van der Waals surface area contributed by atoms with E-state index in [0.717, 1.165) is 43.9 Å². The monoisotopic (exact) mass is 320 g/mol. The predicted molar refractivity (Wildman–Crippen MR) is 97.5 cm³/mol. The van der Waals surface area contributed by atoms with Gasteiger partial charge in [0.05, 0.1) is 6.61 Å². The molecular weight excluding hydrogens is 288 g/mol. The first-order chi connectivity index (χ1) is 11.2. The molecule has 0 spiro atoms. The second-order valence-corrected chi connectivity index (χ2v) is 5.70. The molecule has 130 valence electrons. The summed E-state index contributed by atoms with van der Waals surface area (Å²) < 4.78 is 5.66. The molecule has 5 N–H and O–H groups in total. The van der Waals surface area contributed by atoms with Crippen LogP contribution < -0.4 is 21.1 Å². The van der Waals surface area contributed by atoms with Crippen LogP contribution in [0.3, 0.4) is 0 Å². The first-order valence-corrected chi connectivity index (χ1v) is 8.72. The minimum absolute atomic E-state index is 0.0831. The van der Waals surface area contributed by atoms with Crippen molar-refractivity contribution < 1.29 is 4.74 Å². The van der Waals surface area contributed by atoms with Gasteiger partial charge in [-0.3, -0.25) is 5.41 Å². The summed E-state index contributed by atoms with van der Waals surface area (Å²) in [6, 6.07) is 7.32. The molecule has 1 rings (SSSR count). The third-order valence-electron chi connectivity index (χ3n) is 3.62. The average molecular weight is 320 g/mol. The number of ether oxygens (including phenoxy) is 1. The van der Waals surface area contributed by atoms with Crippen molar-refractivity contribution in [3.05, 3.63) is 29.8 Å². The number of nitrogens with one attached hydrogen (secondary N) is 3.